The van der Waals surface area contributed by atoms with Crippen molar-refractivity contribution in [2.24, 2.45) is 0 Å². The first-order valence-corrected chi connectivity index (χ1v) is 12.6. The molecule has 0 aromatic heterocycles. The van der Waals surface area contributed by atoms with E-state index in [-0.39, 0.29) is 19.6 Å². The van der Waals surface area contributed by atoms with Crippen LogP contribution in [0.2, 0.25) is 0 Å². The van der Waals surface area contributed by atoms with Crippen LogP contribution in [0.3, 0.4) is 0 Å². The molecule has 36 heavy (non-hydrogen) atoms. The Kier molecular flexibility index (Phi) is 9.41. The van der Waals surface area contributed by atoms with Crippen LogP contribution in [0.1, 0.15) is 37.3 Å². The van der Waals surface area contributed by atoms with E-state index in [4.69, 9.17) is 14.2 Å². The van der Waals surface area contributed by atoms with E-state index in [2.05, 4.69) is 10.8 Å². The molecule has 10 nitrogen and oxygen atoms in total. The number of unbranched alkanes of at least 4 members (excludes halogenated alkanes) is 1. The second kappa shape index (κ2) is 12.5. The van der Waals surface area contributed by atoms with Gasteiger partial charge < -0.3 is 14.2 Å². The highest BCUT2D eigenvalue weighted by Crippen LogP contribution is 2.27. The van der Waals surface area contributed by atoms with Crippen molar-refractivity contribution in [3.05, 3.63) is 59.7 Å². The van der Waals surface area contributed by atoms with Crippen molar-refractivity contribution in [1.82, 2.24) is 4.72 Å². The van der Waals surface area contributed by atoms with Gasteiger partial charge in [0.2, 0.25) is 11.3 Å². The smallest absolute Gasteiger partial charge is 0.414 e. The number of cyclic esters (lactones) is 1. The first-order chi connectivity index (χ1) is 17.3. The molecule has 1 amide bonds. The summed E-state index contributed by atoms with van der Waals surface area (Å²) in [5.41, 5.74) is 0.279. The lowest BCUT2D eigenvalue weighted by Crippen LogP contribution is -2.55. The van der Waals surface area contributed by atoms with Gasteiger partial charge in [-0.15, -0.1) is 0 Å². The molecular formula is C25H29N3O7S. The third kappa shape index (κ3) is 6.60. The highest BCUT2D eigenvalue weighted by atomic mass is 32.2. The molecule has 0 bridgehead atoms. The lowest BCUT2D eigenvalue weighted by Gasteiger charge is -2.30. The lowest BCUT2D eigenvalue weighted by atomic mass is 9.87. The fraction of sp³-hybridized carbons (Fsp3) is 0.400. The number of carbonyl (C=O) groups excluding carboxylic acids is 2. The van der Waals surface area contributed by atoms with E-state index in [1.165, 1.54) is 12.0 Å². The Morgan fingerprint density at radius 3 is 2.67 bits per heavy atom. The predicted octanol–water partition coefficient (Wildman–Crippen LogP) is 3.33. The zero-order valence-electron chi connectivity index (χ0n) is 20.1. The molecule has 0 saturated carbocycles. The minimum absolute atomic E-state index is 0.115. The van der Waals surface area contributed by atoms with E-state index >= 15 is 0 Å². The number of para-hydroxylation sites is 1. The average molecular weight is 516 g/mol. The zero-order valence-corrected chi connectivity index (χ0v) is 21.0. The minimum Gasteiger partial charge on any atom is -0.490 e. The minimum atomic E-state index is -2.40. The molecule has 1 aliphatic rings. The number of methoxy groups -OCH3 is 1. The molecular weight excluding hydrogens is 486 g/mol. The highest BCUT2D eigenvalue weighted by Gasteiger charge is 2.40. The maximum Gasteiger partial charge on any atom is 0.414 e. The Hall–Kier alpha value is -3.46. The van der Waals surface area contributed by atoms with Crippen molar-refractivity contribution in [3.8, 4) is 11.8 Å². The van der Waals surface area contributed by atoms with Crippen LogP contribution in [0.5, 0.6) is 5.75 Å². The van der Waals surface area contributed by atoms with Crippen LogP contribution in [-0.4, -0.2) is 52.7 Å². The van der Waals surface area contributed by atoms with Crippen molar-refractivity contribution in [1.29, 1.82) is 5.26 Å². The number of nitriles is 1. The first-order valence-electron chi connectivity index (χ1n) is 11.5. The van der Waals surface area contributed by atoms with E-state index in [0.717, 1.165) is 12.0 Å². The van der Waals surface area contributed by atoms with Gasteiger partial charge in [0.05, 0.1) is 24.9 Å². The van der Waals surface area contributed by atoms with Crippen LogP contribution in [-0.2, 0) is 32.0 Å². The standard InChI is InChI=1S/C25H29N3O7S/c1-3-4-13-25(23(29)33-2,27-36(31)32)14-18-9-11-20(12-10-18)34-17-21-16-28(24(30)35-21)22-8-6-5-7-19(22)15-26/h5-12,21,27H,3-4,13-14,16-17H2,1-2H3,(H,31,32). The Morgan fingerprint density at radius 1 is 1.31 bits per heavy atom. The summed E-state index contributed by atoms with van der Waals surface area (Å²) in [5, 5.41) is 9.30. The second-order valence-corrected chi connectivity index (χ2v) is 9.11. The van der Waals surface area contributed by atoms with E-state index in [9.17, 15) is 23.6 Å². The number of anilines is 1. The summed E-state index contributed by atoms with van der Waals surface area (Å²) in [6, 6.07) is 15.8. The lowest BCUT2D eigenvalue weighted by molar-refractivity contribution is -0.148. The number of hydrogen-bond donors (Lipinski definition) is 2. The molecule has 0 radical (unpaired) electrons. The Bertz CT molecular complexity index is 1140. The summed E-state index contributed by atoms with van der Waals surface area (Å²) in [6.45, 7) is 2.33. The number of hydrogen-bond acceptors (Lipinski definition) is 7. The molecule has 2 aromatic carbocycles. The molecule has 192 valence electrons. The summed E-state index contributed by atoms with van der Waals surface area (Å²) < 4.78 is 39.6. The van der Waals surface area contributed by atoms with Gasteiger partial charge in [0.25, 0.3) is 0 Å². The molecule has 1 aliphatic heterocycles. The molecule has 3 atom stereocenters. The molecule has 0 aliphatic carbocycles. The van der Waals surface area contributed by atoms with Crippen molar-refractivity contribution < 1.29 is 32.6 Å². The fourth-order valence-corrected chi connectivity index (χ4v) is 4.67. The number of rotatable bonds is 12. The summed E-state index contributed by atoms with van der Waals surface area (Å²) in [5.74, 6) is -0.0779. The second-order valence-electron chi connectivity index (χ2n) is 8.41. The normalized spacial score (nSPS) is 17.6. The summed E-state index contributed by atoms with van der Waals surface area (Å²) in [6.07, 6.45) is 0.890. The number of nitrogens with zero attached hydrogens (tertiary/aromatic N) is 2. The largest absolute Gasteiger partial charge is 0.490 e. The third-order valence-electron chi connectivity index (χ3n) is 5.87. The van der Waals surface area contributed by atoms with Crippen LogP contribution < -0.4 is 14.4 Å². The predicted molar refractivity (Wildman–Crippen MR) is 133 cm³/mol. The molecule has 0 spiro atoms. The molecule has 11 heteroatoms. The maximum absolute atomic E-state index is 12.6. The van der Waals surface area contributed by atoms with Gasteiger partial charge in [0, 0.05) is 6.42 Å². The number of ether oxygens (including phenoxy) is 3. The highest BCUT2D eigenvalue weighted by molar-refractivity contribution is 7.77. The van der Waals surface area contributed by atoms with Crippen LogP contribution in [0.15, 0.2) is 48.5 Å². The van der Waals surface area contributed by atoms with E-state index in [1.807, 2.05) is 6.92 Å². The van der Waals surface area contributed by atoms with E-state index < -0.39 is 35.0 Å². The number of benzene rings is 2. The Labute approximate surface area is 212 Å². The van der Waals surface area contributed by atoms with Gasteiger partial charge in [-0.25, -0.2) is 9.00 Å². The Balaban J connectivity index is 1.64. The van der Waals surface area contributed by atoms with Crippen LogP contribution >= 0.6 is 0 Å². The zero-order chi connectivity index (χ0) is 26.1. The third-order valence-corrected chi connectivity index (χ3v) is 6.44. The summed E-state index contributed by atoms with van der Waals surface area (Å²) in [7, 11) is 1.25. The molecule has 2 N–H and O–H groups in total. The maximum atomic E-state index is 12.6. The fourth-order valence-electron chi connectivity index (χ4n) is 4.08. The van der Waals surface area contributed by atoms with Gasteiger partial charge >= 0.3 is 12.1 Å². The number of esters is 1. The van der Waals surface area contributed by atoms with Crippen molar-refractivity contribution in [2.75, 3.05) is 25.2 Å². The van der Waals surface area contributed by atoms with Crippen molar-refractivity contribution in [2.45, 2.75) is 44.2 Å². The molecule has 1 heterocycles. The molecule has 3 unspecified atom stereocenters. The number of amides is 1. The average Bonchev–Trinajstić information content (AvgIpc) is 3.26. The topological polar surface area (TPSA) is 138 Å². The summed E-state index contributed by atoms with van der Waals surface area (Å²) in [4.78, 5) is 26.3. The quantitative estimate of drug-likeness (QED) is 0.324. The van der Waals surface area contributed by atoms with Gasteiger partial charge in [-0.1, -0.05) is 44.0 Å². The van der Waals surface area contributed by atoms with Crippen molar-refractivity contribution in [3.63, 3.8) is 0 Å². The first kappa shape index (κ1) is 27.1. The van der Waals surface area contributed by atoms with Crippen LogP contribution in [0, 0.1) is 11.3 Å². The van der Waals surface area contributed by atoms with Crippen molar-refractivity contribution >= 4 is 29.0 Å². The Morgan fingerprint density at radius 2 is 2.03 bits per heavy atom. The number of carbonyl (C=O) groups is 2. The van der Waals surface area contributed by atoms with Gasteiger partial charge in [0.1, 0.15) is 24.0 Å². The van der Waals surface area contributed by atoms with Gasteiger partial charge in [-0.05, 0) is 36.2 Å². The molecule has 2 aromatic rings. The number of nitrogens with one attached hydrogen (secondary N) is 1. The van der Waals surface area contributed by atoms with E-state index in [1.54, 1.807) is 48.5 Å². The monoisotopic (exact) mass is 515 g/mol. The van der Waals surface area contributed by atoms with Crippen LogP contribution in [0.25, 0.3) is 0 Å². The van der Waals surface area contributed by atoms with E-state index in [0.29, 0.717) is 29.8 Å². The summed E-state index contributed by atoms with van der Waals surface area (Å²) >= 11 is -2.40. The molecule has 1 saturated heterocycles. The molecule has 3 rings (SSSR count). The van der Waals surface area contributed by atoms with Crippen LogP contribution in [0.4, 0.5) is 10.5 Å². The molecule has 1 fully saturated rings. The van der Waals surface area contributed by atoms with Gasteiger partial charge in [0.15, 0.2) is 6.10 Å². The SMILES string of the molecule is CCCCC(Cc1ccc(OCC2CN(c3ccccc3C#N)C(=O)O2)cc1)(NS(=O)O)C(=O)OC. The van der Waals surface area contributed by atoms with Gasteiger partial charge in [-0.3, -0.25) is 14.2 Å². The van der Waals surface area contributed by atoms with Gasteiger partial charge in [-0.2, -0.15) is 9.98 Å².